The Bertz CT molecular complexity index is 989. The highest BCUT2D eigenvalue weighted by molar-refractivity contribution is 5.92. The zero-order valence-electron chi connectivity index (χ0n) is 15.0. The van der Waals surface area contributed by atoms with E-state index in [-0.39, 0.29) is 11.8 Å². The maximum atomic E-state index is 12.8. The summed E-state index contributed by atoms with van der Waals surface area (Å²) >= 11 is 0. The van der Waals surface area contributed by atoms with Crippen molar-refractivity contribution in [2.24, 2.45) is 5.92 Å². The van der Waals surface area contributed by atoms with Gasteiger partial charge < -0.3 is 10.0 Å². The number of hydrogen-bond acceptors (Lipinski definition) is 4. The molecule has 2 aliphatic rings. The summed E-state index contributed by atoms with van der Waals surface area (Å²) in [6.07, 6.45) is 4.34. The molecule has 0 bridgehead atoms. The summed E-state index contributed by atoms with van der Waals surface area (Å²) in [5.74, 6) is 0.455. The Labute approximate surface area is 157 Å². The third kappa shape index (κ3) is 3.10. The minimum atomic E-state index is -0.525. The molecular weight excluding hydrogens is 340 g/mol. The minimum absolute atomic E-state index is 0.0154. The van der Waals surface area contributed by atoms with Gasteiger partial charge in [-0.25, -0.2) is 0 Å². The van der Waals surface area contributed by atoms with E-state index in [0.717, 1.165) is 28.6 Å². The average molecular weight is 362 g/mol. The summed E-state index contributed by atoms with van der Waals surface area (Å²) in [4.78, 5) is 18.9. The molecule has 2 aromatic heterocycles. The van der Waals surface area contributed by atoms with Crippen LogP contribution in [0.5, 0.6) is 0 Å². The third-order valence-corrected chi connectivity index (χ3v) is 5.75. The van der Waals surface area contributed by atoms with Crippen LogP contribution < -0.4 is 0 Å². The summed E-state index contributed by atoms with van der Waals surface area (Å²) in [5.41, 5.74) is 3.63. The number of aromatic amines is 1. The van der Waals surface area contributed by atoms with Crippen molar-refractivity contribution in [3.8, 4) is 0 Å². The van der Waals surface area contributed by atoms with Gasteiger partial charge in [0, 0.05) is 42.2 Å². The second-order valence-corrected chi connectivity index (χ2v) is 7.71. The smallest absolute Gasteiger partial charge is 0.274 e. The van der Waals surface area contributed by atoms with Crippen LogP contribution >= 0.6 is 0 Å². The van der Waals surface area contributed by atoms with Crippen molar-refractivity contribution in [1.29, 1.82) is 0 Å². The van der Waals surface area contributed by atoms with Crippen LogP contribution in [0.1, 0.15) is 40.5 Å². The Morgan fingerprint density at radius 1 is 1.22 bits per heavy atom. The Kier molecular flexibility index (Phi) is 3.93. The maximum Gasteiger partial charge on any atom is 0.274 e. The molecule has 5 rings (SSSR count). The highest BCUT2D eigenvalue weighted by Crippen LogP contribution is 2.39. The van der Waals surface area contributed by atoms with Crippen LogP contribution in [0.4, 0.5) is 0 Å². The Morgan fingerprint density at radius 3 is 2.93 bits per heavy atom. The molecule has 2 unspecified atom stereocenters. The number of rotatable bonds is 4. The Morgan fingerprint density at radius 2 is 2.07 bits per heavy atom. The van der Waals surface area contributed by atoms with Gasteiger partial charge in [-0.3, -0.25) is 14.9 Å². The van der Waals surface area contributed by atoms with Gasteiger partial charge in [0.2, 0.25) is 0 Å². The number of likely N-dealkylation sites (tertiary alicyclic amines) is 1. The summed E-state index contributed by atoms with van der Waals surface area (Å²) in [5, 5.41) is 18.8. The molecule has 0 radical (unpaired) electrons. The largest absolute Gasteiger partial charge is 0.391 e. The van der Waals surface area contributed by atoms with E-state index < -0.39 is 6.10 Å². The van der Waals surface area contributed by atoms with Crippen LogP contribution in [0.3, 0.4) is 0 Å². The first-order valence-corrected chi connectivity index (χ1v) is 9.54. The number of carbonyl (C=O) groups excluding carboxylic acids is 1. The molecule has 3 aromatic rings. The molecule has 3 heterocycles. The number of fused-ring (bicyclic) bond motifs is 1. The van der Waals surface area contributed by atoms with Crippen molar-refractivity contribution in [3.05, 3.63) is 59.5 Å². The van der Waals surface area contributed by atoms with E-state index in [9.17, 15) is 9.90 Å². The lowest BCUT2D eigenvalue weighted by atomic mass is 9.94. The van der Waals surface area contributed by atoms with Crippen molar-refractivity contribution in [3.63, 3.8) is 0 Å². The summed E-state index contributed by atoms with van der Waals surface area (Å²) < 4.78 is 0. The molecule has 2 N–H and O–H groups in total. The standard InChI is InChI=1S/C21H22N4O2/c26-20-12-25(21(27)19-10-18(23-24-19)13-5-6-13)11-15(20)9-14-7-8-22-17-4-2-1-3-16(14)17/h1-4,7-8,10,13,15,20,26H,5-6,9,11-12H2,(H,23,24). The lowest BCUT2D eigenvalue weighted by Gasteiger charge is -2.15. The first-order valence-electron chi connectivity index (χ1n) is 9.54. The molecule has 1 aliphatic heterocycles. The van der Waals surface area contributed by atoms with Crippen LogP contribution in [-0.4, -0.2) is 50.3 Å². The maximum absolute atomic E-state index is 12.8. The fraction of sp³-hybridized carbons (Fsp3) is 0.381. The number of aromatic nitrogens is 3. The zero-order chi connectivity index (χ0) is 18.4. The van der Waals surface area contributed by atoms with Gasteiger partial charge in [0.05, 0.1) is 11.6 Å². The number of hydrogen-bond donors (Lipinski definition) is 2. The quantitative estimate of drug-likeness (QED) is 0.747. The second-order valence-electron chi connectivity index (χ2n) is 7.71. The third-order valence-electron chi connectivity index (χ3n) is 5.75. The van der Waals surface area contributed by atoms with E-state index in [4.69, 9.17) is 0 Å². The number of aliphatic hydroxyl groups excluding tert-OH is 1. The van der Waals surface area contributed by atoms with Gasteiger partial charge in [0.15, 0.2) is 0 Å². The van der Waals surface area contributed by atoms with Crippen molar-refractivity contribution in [2.75, 3.05) is 13.1 Å². The van der Waals surface area contributed by atoms with E-state index in [0.29, 0.717) is 24.7 Å². The number of benzene rings is 1. The molecule has 2 fully saturated rings. The van der Waals surface area contributed by atoms with Crippen molar-refractivity contribution < 1.29 is 9.90 Å². The van der Waals surface area contributed by atoms with E-state index in [1.807, 2.05) is 36.5 Å². The number of H-pyrrole nitrogens is 1. The number of amides is 1. The van der Waals surface area contributed by atoms with E-state index >= 15 is 0 Å². The minimum Gasteiger partial charge on any atom is -0.391 e. The number of nitrogens with one attached hydrogen (secondary N) is 1. The number of aliphatic hydroxyl groups is 1. The molecule has 6 nitrogen and oxygen atoms in total. The first kappa shape index (κ1) is 16.4. The highest BCUT2D eigenvalue weighted by Gasteiger charge is 2.36. The predicted molar refractivity (Wildman–Crippen MR) is 101 cm³/mol. The molecule has 0 spiro atoms. The average Bonchev–Trinajstić information content (AvgIpc) is 3.31. The lowest BCUT2D eigenvalue weighted by molar-refractivity contribution is 0.0759. The molecule has 27 heavy (non-hydrogen) atoms. The van der Waals surface area contributed by atoms with Crippen molar-refractivity contribution in [1.82, 2.24) is 20.1 Å². The monoisotopic (exact) mass is 362 g/mol. The molecule has 6 heteroatoms. The topological polar surface area (TPSA) is 82.1 Å². The summed E-state index contributed by atoms with van der Waals surface area (Å²) in [6, 6.07) is 11.9. The second kappa shape index (κ2) is 6.46. The molecular formula is C21H22N4O2. The summed E-state index contributed by atoms with van der Waals surface area (Å²) in [6.45, 7) is 0.903. The Balaban J connectivity index is 1.32. The van der Waals surface area contributed by atoms with Gasteiger partial charge in [0.25, 0.3) is 5.91 Å². The van der Waals surface area contributed by atoms with E-state index in [1.54, 1.807) is 4.90 Å². The van der Waals surface area contributed by atoms with Gasteiger partial charge in [-0.05, 0) is 43.0 Å². The van der Waals surface area contributed by atoms with Crippen LogP contribution in [0.2, 0.25) is 0 Å². The van der Waals surface area contributed by atoms with Gasteiger partial charge in [-0.2, -0.15) is 5.10 Å². The molecule has 1 saturated heterocycles. The normalized spacial score (nSPS) is 22.5. The number of carbonyl (C=O) groups is 1. The van der Waals surface area contributed by atoms with Gasteiger partial charge in [0.1, 0.15) is 5.69 Å². The molecule has 1 saturated carbocycles. The molecule has 1 amide bonds. The van der Waals surface area contributed by atoms with E-state index in [2.05, 4.69) is 21.2 Å². The van der Waals surface area contributed by atoms with E-state index in [1.165, 1.54) is 12.8 Å². The number of pyridine rings is 1. The lowest BCUT2D eigenvalue weighted by Crippen LogP contribution is -2.29. The van der Waals surface area contributed by atoms with Gasteiger partial charge >= 0.3 is 0 Å². The van der Waals surface area contributed by atoms with Gasteiger partial charge in [-0.15, -0.1) is 0 Å². The van der Waals surface area contributed by atoms with Crippen LogP contribution in [-0.2, 0) is 6.42 Å². The van der Waals surface area contributed by atoms with Crippen LogP contribution in [0.15, 0.2) is 42.6 Å². The predicted octanol–water partition coefficient (Wildman–Crippen LogP) is 2.51. The van der Waals surface area contributed by atoms with Crippen molar-refractivity contribution in [2.45, 2.75) is 31.3 Å². The molecule has 1 aliphatic carbocycles. The number of nitrogens with zero attached hydrogens (tertiary/aromatic N) is 3. The fourth-order valence-electron chi connectivity index (χ4n) is 4.05. The van der Waals surface area contributed by atoms with Gasteiger partial charge in [-0.1, -0.05) is 18.2 Å². The highest BCUT2D eigenvalue weighted by atomic mass is 16.3. The zero-order valence-corrected chi connectivity index (χ0v) is 15.0. The SMILES string of the molecule is O=C(c1cc(C2CC2)[nH]n1)N1CC(O)C(Cc2ccnc3ccccc23)C1. The van der Waals surface area contributed by atoms with Crippen LogP contribution in [0, 0.1) is 5.92 Å². The first-order chi connectivity index (χ1) is 13.2. The molecule has 2 atom stereocenters. The molecule has 1 aromatic carbocycles. The fourth-order valence-corrected chi connectivity index (χ4v) is 4.05. The van der Waals surface area contributed by atoms with Crippen molar-refractivity contribution >= 4 is 16.8 Å². The number of para-hydroxylation sites is 1. The Hall–Kier alpha value is -2.73. The van der Waals surface area contributed by atoms with Crippen LogP contribution in [0.25, 0.3) is 10.9 Å². The molecule has 138 valence electrons. The summed E-state index contributed by atoms with van der Waals surface area (Å²) in [7, 11) is 0. The number of β-amino-alcohol motifs (C(OH)–C–C–N with tert-alkyl or cyclic N) is 1.